The standard InChI is InChI=1S/3C3H4O3.Bi/c3*4-3(5)2-1-6-2;/h3*2H,1H2,(H,4,5);/q;;;+3/p-3. The molecular formula is C9H9BiO9. The summed E-state index contributed by atoms with van der Waals surface area (Å²) in [4.78, 5) is 28.6. The van der Waals surface area contributed by atoms with Crippen molar-refractivity contribution >= 4 is 44.1 Å². The van der Waals surface area contributed by atoms with Crippen LogP contribution >= 0.6 is 0 Å². The van der Waals surface area contributed by atoms with Gasteiger partial charge in [0.05, 0.1) is 37.7 Å². The fourth-order valence-corrected chi connectivity index (χ4v) is 0.553. The number of carbonyl (C=O) groups excluding carboxylic acids is 3. The van der Waals surface area contributed by atoms with Crippen LogP contribution in [0.1, 0.15) is 0 Å². The van der Waals surface area contributed by atoms with Gasteiger partial charge in [-0.25, -0.2) is 0 Å². The fourth-order valence-electron chi connectivity index (χ4n) is 0.553. The van der Waals surface area contributed by atoms with E-state index >= 15 is 0 Å². The van der Waals surface area contributed by atoms with E-state index in [1.54, 1.807) is 0 Å². The van der Waals surface area contributed by atoms with Gasteiger partial charge in [-0.1, -0.05) is 0 Å². The van der Waals surface area contributed by atoms with Crippen molar-refractivity contribution in [1.82, 2.24) is 0 Å². The molecule has 0 aromatic heterocycles. The number of carboxylic acids is 3. The zero-order valence-corrected chi connectivity index (χ0v) is 13.0. The van der Waals surface area contributed by atoms with E-state index in [4.69, 9.17) is 0 Å². The molecule has 3 heterocycles. The average molecular weight is 470 g/mol. The van der Waals surface area contributed by atoms with Crippen LogP contribution in [0.5, 0.6) is 0 Å². The van der Waals surface area contributed by atoms with Crippen LogP contribution in [0.3, 0.4) is 0 Å². The molecule has 3 aliphatic heterocycles. The molecule has 0 amide bonds. The minimum atomic E-state index is -1.10. The molecule has 0 aromatic rings. The van der Waals surface area contributed by atoms with E-state index in [1.807, 2.05) is 0 Å². The smallest absolute Gasteiger partial charge is 0.547 e. The van der Waals surface area contributed by atoms with Crippen molar-refractivity contribution in [3.63, 3.8) is 0 Å². The molecule has 2 radical (unpaired) electrons. The molecule has 0 bridgehead atoms. The second kappa shape index (κ2) is 8.37. The summed E-state index contributed by atoms with van der Waals surface area (Å²) in [5.41, 5.74) is 0. The molecule has 19 heavy (non-hydrogen) atoms. The number of carboxylic acid groups (broad SMARTS) is 3. The largest absolute Gasteiger partial charge is 3.00 e. The van der Waals surface area contributed by atoms with E-state index in [2.05, 4.69) is 14.2 Å². The zero-order chi connectivity index (χ0) is 13.7. The van der Waals surface area contributed by atoms with E-state index in [0.717, 1.165) is 0 Å². The predicted molar refractivity (Wildman–Crippen MR) is 50.0 cm³/mol. The van der Waals surface area contributed by atoms with E-state index in [1.165, 1.54) is 0 Å². The summed E-state index contributed by atoms with van der Waals surface area (Å²) >= 11 is 0. The number of epoxide rings is 3. The first kappa shape index (κ1) is 18.2. The summed E-state index contributed by atoms with van der Waals surface area (Å²) in [6.45, 7) is 1.01. The number of aliphatic carboxylic acids is 3. The molecule has 0 saturated carbocycles. The van der Waals surface area contributed by atoms with Crippen molar-refractivity contribution in [2.75, 3.05) is 19.8 Å². The summed E-state index contributed by atoms with van der Waals surface area (Å²) in [5, 5.41) is 28.6. The Morgan fingerprint density at radius 2 is 0.842 bits per heavy atom. The first-order valence-electron chi connectivity index (χ1n) is 4.89. The van der Waals surface area contributed by atoms with Crippen LogP contribution in [0.15, 0.2) is 0 Å². The van der Waals surface area contributed by atoms with Crippen LogP contribution in [-0.2, 0) is 28.6 Å². The van der Waals surface area contributed by atoms with Gasteiger partial charge in [0, 0.05) is 0 Å². The summed E-state index contributed by atoms with van der Waals surface area (Å²) in [5.74, 6) is -3.31. The Labute approximate surface area is 126 Å². The third-order valence-electron chi connectivity index (χ3n) is 1.79. The van der Waals surface area contributed by atoms with Crippen molar-refractivity contribution in [2.45, 2.75) is 18.3 Å². The maximum atomic E-state index is 9.53. The normalized spacial score (nSPS) is 28.1. The van der Waals surface area contributed by atoms with Crippen molar-refractivity contribution in [3.05, 3.63) is 0 Å². The third-order valence-corrected chi connectivity index (χ3v) is 1.79. The molecule has 3 saturated heterocycles. The second-order valence-corrected chi connectivity index (χ2v) is 3.42. The van der Waals surface area contributed by atoms with E-state index in [-0.39, 0.29) is 26.2 Å². The Hall–Kier alpha value is -0.827. The van der Waals surface area contributed by atoms with Gasteiger partial charge in [0.25, 0.3) is 0 Å². The van der Waals surface area contributed by atoms with E-state index in [9.17, 15) is 29.7 Å². The molecule has 0 spiro atoms. The zero-order valence-electron chi connectivity index (χ0n) is 9.47. The quantitative estimate of drug-likeness (QED) is 0.289. The van der Waals surface area contributed by atoms with Crippen LogP contribution in [0.25, 0.3) is 0 Å². The van der Waals surface area contributed by atoms with Gasteiger partial charge >= 0.3 is 26.2 Å². The van der Waals surface area contributed by atoms with Crippen molar-refractivity contribution in [3.8, 4) is 0 Å². The van der Waals surface area contributed by atoms with Gasteiger partial charge in [-0.2, -0.15) is 0 Å². The number of ether oxygens (including phenoxy) is 3. The minimum Gasteiger partial charge on any atom is -0.547 e. The van der Waals surface area contributed by atoms with Gasteiger partial charge in [0.1, 0.15) is 18.3 Å². The summed E-state index contributed by atoms with van der Waals surface area (Å²) in [6, 6.07) is 0. The minimum absolute atomic E-state index is 0. The van der Waals surface area contributed by atoms with Crippen LogP contribution in [-0.4, -0.2) is 82.2 Å². The number of hydrogen-bond donors (Lipinski definition) is 0. The molecule has 3 aliphatic rings. The summed E-state index contributed by atoms with van der Waals surface area (Å²) in [7, 11) is 0. The monoisotopic (exact) mass is 470 g/mol. The van der Waals surface area contributed by atoms with Gasteiger partial charge in [0.15, 0.2) is 0 Å². The molecular weight excluding hydrogens is 461 g/mol. The maximum absolute atomic E-state index is 9.53. The van der Waals surface area contributed by atoms with Gasteiger partial charge < -0.3 is 43.9 Å². The van der Waals surface area contributed by atoms with Crippen molar-refractivity contribution in [2.24, 2.45) is 0 Å². The number of rotatable bonds is 3. The van der Waals surface area contributed by atoms with E-state index in [0.29, 0.717) is 19.8 Å². The molecule has 3 unspecified atom stereocenters. The van der Waals surface area contributed by atoms with Gasteiger partial charge in [-0.15, -0.1) is 0 Å². The second-order valence-electron chi connectivity index (χ2n) is 3.42. The third kappa shape index (κ3) is 9.72. The number of carbonyl (C=O) groups is 3. The van der Waals surface area contributed by atoms with Gasteiger partial charge in [-0.05, 0) is 0 Å². The Morgan fingerprint density at radius 1 is 0.684 bits per heavy atom. The molecule has 104 valence electrons. The summed E-state index contributed by atoms with van der Waals surface area (Å²) < 4.78 is 12.9. The number of hydrogen-bond acceptors (Lipinski definition) is 9. The Balaban J connectivity index is 0.000000249. The summed E-state index contributed by atoms with van der Waals surface area (Å²) in [6.07, 6.45) is -1.78. The maximum Gasteiger partial charge on any atom is 3.00 e. The van der Waals surface area contributed by atoms with Crippen LogP contribution in [0, 0.1) is 0 Å². The Morgan fingerprint density at radius 3 is 0.842 bits per heavy atom. The molecule has 3 rings (SSSR count). The van der Waals surface area contributed by atoms with Crippen LogP contribution < -0.4 is 15.3 Å². The average Bonchev–Trinajstić information content (AvgIpc) is 3.22. The SMILES string of the molecule is O=C([O-])C1CO1.O=C([O-])C1CO1.O=C([O-])C1CO1.[Bi+3]. The van der Waals surface area contributed by atoms with Crippen LogP contribution in [0.4, 0.5) is 0 Å². The van der Waals surface area contributed by atoms with Gasteiger partial charge in [-0.3, -0.25) is 0 Å². The van der Waals surface area contributed by atoms with E-state index < -0.39 is 36.2 Å². The van der Waals surface area contributed by atoms with Crippen molar-refractivity contribution < 1.29 is 43.9 Å². The Kier molecular flexibility index (Phi) is 8.00. The molecule has 0 N–H and O–H groups in total. The Bertz CT molecular complexity index is 280. The van der Waals surface area contributed by atoms with Crippen molar-refractivity contribution in [1.29, 1.82) is 0 Å². The molecule has 0 aromatic carbocycles. The van der Waals surface area contributed by atoms with Gasteiger partial charge in [0.2, 0.25) is 0 Å². The van der Waals surface area contributed by atoms with Crippen LogP contribution in [0.2, 0.25) is 0 Å². The molecule has 3 fully saturated rings. The molecule has 10 heteroatoms. The molecule has 0 aliphatic carbocycles. The topological polar surface area (TPSA) is 158 Å². The molecule has 3 atom stereocenters. The fraction of sp³-hybridized carbons (Fsp3) is 0.667. The first-order valence-corrected chi connectivity index (χ1v) is 4.89. The molecule has 9 nitrogen and oxygen atoms in total. The first-order chi connectivity index (χ1) is 8.41. The predicted octanol–water partition coefficient (Wildman–Crippen LogP) is -5.98.